The van der Waals surface area contributed by atoms with Crippen molar-refractivity contribution in [2.45, 2.75) is 44.6 Å². The molecule has 1 N–H and O–H groups in total. The van der Waals surface area contributed by atoms with Crippen molar-refractivity contribution in [2.75, 3.05) is 11.4 Å². The van der Waals surface area contributed by atoms with Crippen LogP contribution in [0.15, 0.2) is 18.2 Å². The van der Waals surface area contributed by atoms with E-state index in [0.29, 0.717) is 10.7 Å². The van der Waals surface area contributed by atoms with Crippen molar-refractivity contribution in [3.05, 3.63) is 28.8 Å². The Kier molecular flexibility index (Phi) is 3.66. The fourth-order valence-electron chi connectivity index (χ4n) is 3.35. The summed E-state index contributed by atoms with van der Waals surface area (Å²) in [6.45, 7) is 1.99. The lowest BCUT2D eigenvalue weighted by Crippen LogP contribution is -2.67. The quantitative estimate of drug-likeness (QED) is 0.867. The van der Waals surface area contributed by atoms with Gasteiger partial charge in [-0.25, -0.2) is 0 Å². The first-order valence-electron chi connectivity index (χ1n) is 7.41. The Morgan fingerprint density at radius 1 is 1.19 bits per heavy atom. The molecule has 1 spiro atoms. The molecule has 2 aliphatic rings. The molecule has 1 aliphatic carbocycles. The zero-order valence-corrected chi connectivity index (χ0v) is 12.9. The molecule has 1 heterocycles. The average molecular weight is 307 g/mol. The Hall–Kier alpha value is -1.55. The molecule has 1 aromatic rings. The van der Waals surface area contributed by atoms with Gasteiger partial charge in [-0.15, -0.1) is 0 Å². The molecular formula is C16H19ClN2O2. The van der Waals surface area contributed by atoms with Crippen LogP contribution in [0.3, 0.4) is 0 Å². The Bertz CT molecular complexity index is 594. The lowest BCUT2D eigenvalue weighted by atomic mass is 9.79. The molecule has 1 saturated heterocycles. The van der Waals surface area contributed by atoms with Crippen LogP contribution in [0.5, 0.6) is 0 Å². The predicted molar refractivity (Wildman–Crippen MR) is 82.5 cm³/mol. The van der Waals surface area contributed by atoms with Crippen LogP contribution < -0.4 is 10.2 Å². The molecule has 1 saturated carbocycles. The highest BCUT2D eigenvalue weighted by Gasteiger charge is 2.47. The molecule has 1 aromatic carbocycles. The number of amides is 2. The molecule has 4 nitrogen and oxygen atoms in total. The number of halogens is 1. The third kappa shape index (κ3) is 2.53. The summed E-state index contributed by atoms with van der Waals surface area (Å²) in [5.74, 6) is -0.122. The summed E-state index contributed by atoms with van der Waals surface area (Å²) < 4.78 is 0. The topological polar surface area (TPSA) is 49.4 Å². The highest BCUT2D eigenvalue weighted by atomic mass is 35.5. The maximum atomic E-state index is 13.0. The van der Waals surface area contributed by atoms with Crippen LogP contribution in [0.2, 0.25) is 5.02 Å². The SMILES string of the molecule is Cc1ccc(Cl)c(N2CC(=O)NC3(CCCCC3)C2=O)c1. The van der Waals surface area contributed by atoms with Crippen LogP contribution in [0.25, 0.3) is 0 Å². The number of rotatable bonds is 1. The Labute approximate surface area is 129 Å². The highest BCUT2D eigenvalue weighted by molar-refractivity contribution is 6.34. The van der Waals surface area contributed by atoms with Gasteiger partial charge in [-0.1, -0.05) is 36.9 Å². The molecule has 1 aliphatic heterocycles. The van der Waals surface area contributed by atoms with E-state index in [0.717, 1.165) is 37.7 Å². The van der Waals surface area contributed by atoms with E-state index in [1.165, 1.54) is 0 Å². The molecule has 5 heteroatoms. The number of nitrogens with one attached hydrogen (secondary N) is 1. The van der Waals surface area contributed by atoms with Gasteiger partial charge in [-0.05, 0) is 37.5 Å². The summed E-state index contributed by atoms with van der Waals surface area (Å²) in [7, 11) is 0. The fraction of sp³-hybridized carbons (Fsp3) is 0.500. The summed E-state index contributed by atoms with van der Waals surface area (Å²) in [6, 6.07) is 5.55. The van der Waals surface area contributed by atoms with Gasteiger partial charge < -0.3 is 5.32 Å². The van der Waals surface area contributed by atoms with Crippen LogP contribution in [0.4, 0.5) is 5.69 Å². The van der Waals surface area contributed by atoms with Crippen molar-refractivity contribution in [3.8, 4) is 0 Å². The summed E-state index contributed by atoms with van der Waals surface area (Å²) >= 11 is 6.24. The van der Waals surface area contributed by atoms with Crippen molar-refractivity contribution in [2.24, 2.45) is 0 Å². The van der Waals surface area contributed by atoms with E-state index < -0.39 is 5.54 Å². The first kappa shape index (κ1) is 14.4. The summed E-state index contributed by atoms with van der Waals surface area (Å²) in [5.41, 5.74) is 0.938. The van der Waals surface area contributed by atoms with Crippen LogP contribution in [-0.4, -0.2) is 23.9 Å². The second kappa shape index (κ2) is 5.34. The van der Waals surface area contributed by atoms with Crippen LogP contribution >= 0.6 is 11.6 Å². The van der Waals surface area contributed by atoms with E-state index in [-0.39, 0.29) is 18.4 Å². The van der Waals surface area contributed by atoms with E-state index in [2.05, 4.69) is 5.32 Å². The third-order valence-electron chi connectivity index (χ3n) is 4.43. The Morgan fingerprint density at radius 3 is 2.62 bits per heavy atom. The number of benzene rings is 1. The molecule has 0 atom stereocenters. The van der Waals surface area contributed by atoms with Gasteiger partial charge in [-0.3, -0.25) is 14.5 Å². The Balaban J connectivity index is 1.99. The standard InChI is InChI=1S/C16H19ClN2O2/c1-11-5-6-12(17)13(9-11)19-10-14(20)18-16(15(19)21)7-3-2-4-8-16/h5-6,9H,2-4,7-8,10H2,1H3,(H,18,20). The van der Waals surface area contributed by atoms with E-state index in [1.54, 1.807) is 11.0 Å². The molecule has 0 unspecified atom stereocenters. The minimum atomic E-state index is -0.722. The van der Waals surface area contributed by atoms with Crippen LogP contribution in [-0.2, 0) is 9.59 Å². The largest absolute Gasteiger partial charge is 0.340 e. The number of carbonyl (C=O) groups excluding carboxylic acids is 2. The van der Waals surface area contributed by atoms with Crippen molar-refractivity contribution < 1.29 is 9.59 Å². The zero-order chi connectivity index (χ0) is 15.0. The van der Waals surface area contributed by atoms with Gasteiger partial charge in [0.05, 0.1) is 10.7 Å². The zero-order valence-electron chi connectivity index (χ0n) is 12.1. The maximum Gasteiger partial charge on any atom is 0.253 e. The molecule has 0 radical (unpaired) electrons. The normalized spacial score (nSPS) is 21.5. The second-order valence-electron chi connectivity index (χ2n) is 6.04. The van der Waals surface area contributed by atoms with Crippen LogP contribution in [0.1, 0.15) is 37.7 Å². The van der Waals surface area contributed by atoms with Gasteiger partial charge >= 0.3 is 0 Å². The third-order valence-corrected chi connectivity index (χ3v) is 4.75. The number of hydrogen-bond acceptors (Lipinski definition) is 2. The van der Waals surface area contributed by atoms with Gasteiger partial charge in [0.15, 0.2) is 0 Å². The van der Waals surface area contributed by atoms with E-state index in [1.807, 2.05) is 19.1 Å². The number of carbonyl (C=O) groups is 2. The fourth-order valence-corrected chi connectivity index (χ4v) is 3.57. The average Bonchev–Trinajstić information content (AvgIpc) is 2.47. The molecule has 0 aromatic heterocycles. The molecule has 112 valence electrons. The highest BCUT2D eigenvalue weighted by Crippen LogP contribution is 2.36. The lowest BCUT2D eigenvalue weighted by molar-refractivity contribution is -0.137. The van der Waals surface area contributed by atoms with Crippen molar-refractivity contribution in [1.29, 1.82) is 0 Å². The van der Waals surface area contributed by atoms with Gasteiger partial charge in [0.2, 0.25) is 5.91 Å². The summed E-state index contributed by atoms with van der Waals surface area (Å²) in [4.78, 5) is 26.6. The summed E-state index contributed by atoms with van der Waals surface area (Å²) in [5, 5.41) is 3.45. The van der Waals surface area contributed by atoms with E-state index in [9.17, 15) is 9.59 Å². The lowest BCUT2D eigenvalue weighted by Gasteiger charge is -2.44. The molecule has 2 fully saturated rings. The number of aryl methyl sites for hydroxylation is 1. The van der Waals surface area contributed by atoms with Gasteiger partial charge in [0.25, 0.3) is 5.91 Å². The minimum absolute atomic E-state index is 0.0192. The first-order valence-corrected chi connectivity index (χ1v) is 7.79. The summed E-state index contributed by atoms with van der Waals surface area (Å²) in [6.07, 6.45) is 4.51. The van der Waals surface area contributed by atoms with Gasteiger partial charge in [0.1, 0.15) is 12.1 Å². The minimum Gasteiger partial charge on any atom is -0.340 e. The molecule has 0 bridgehead atoms. The maximum absolute atomic E-state index is 13.0. The first-order chi connectivity index (χ1) is 10.0. The van der Waals surface area contributed by atoms with E-state index >= 15 is 0 Å². The van der Waals surface area contributed by atoms with E-state index in [4.69, 9.17) is 11.6 Å². The van der Waals surface area contributed by atoms with Crippen molar-refractivity contribution in [1.82, 2.24) is 5.32 Å². The number of anilines is 1. The van der Waals surface area contributed by atoms with Gasteiger partial charge in [-0.2, -0.15) is 0 Å². The molecule has 3 rings (SSSR count). The van der Waals surface area contributed by atoms with Crippen molar-refractivity contribution in [3.63, 3.8) is 0 Å². The Morgan fingerprint density at radius 2 is 1.90 bits per heavy atom. The number of nitrogens with zero attached hydrogens (tertiary/aromatic N) is 1. The predicted octanol–water partition coefficient (Wildman–Crippen LogP) is 2.81. The monoisotopic (exact) mass is 306 g/mol. The molecule has 2 amide bonds. The smallest absolute Gasteiger partial charge is 0.253 e. The number of hydrogen-bond donors (Lipinski definition) is 1. The molecule has 21 heavy (non-hydrogen) atoms. The van der Waals surface area contributed by atoms with Crippen LogP contribution in [0, 0.1) is 6.92 Å². The molecular weight excluding hydrogens is 288 g/mol. The van der Waals surface area contributed by atoms with Crippen molar-refractivity contribution >= 4 is 29.1 Å². The second-order valence-corrected chi connectivity index (χ2v) is 6.44. The number of piperazine rings is 1. The van der Waals surface area contributed by atoms with Gasteiger partial charge in [0, 0.05) is 0 Å².